The van der Waals surface area contributed by atoms with Crippen LogP contribution < -0.4 is 0 Å². The molecular formula is C12H25N3. The zero-order valence-corrected chi connectivity index (χ0v) is 10.8. The lowest BCUT2D eigenvalue weighted by Crippen LogP contribution is -2.59. The minimum atomic E-state index is 0.384. The molecule has 2 fully saturated rings. The monoisotopic (exact) mass is 211 g/mol. The Morgan fingerprint density at radius 1 is 1.07 bits per heavy atom. The van der Waals surface area contributed by atoms with Gasteiger partial charge in [-0.05, 0) is 41.4 Å². The van der Waals surface area contributed by atoms with Crippen molar-refractivity contribution in [1.82, 2.24) is 14.7 Å². The zero-order valence-electron chi connectivity index (χ0n) is 10.8. The number of likely N-dealkylation sites (N-methyl/N-ethyl adjacent to an activating group) is 3. The molecule has 0 saturated carbocycles. The molecular weight excluding hydrogens is 186 g/mol. The summed E-state index contributed by atoms with van der Waals surface area (Å²) in [5.41, 5.74) is 0.384. The van der Waals surface area contributed by atoms with Gasteiger partial charge in [0.2, 0.25) is 0 Å². The van der Waals surface area contributed by atoms with Gasteiger partial charge in [-0.1, -0.05) is 0 Å². The summed E-state index contributed by atoms with van der Waals surface area (Å²) in [6.07, 6.45) is 1.31. The first-order chi connectivity index (χ1) is 6.90. The maximum Gasteiger partial charge on any atom is 0.0350 e. The largest absolute Gasteiger partial charge is 0.303 e. The van der Waals surface area contributed by atoms with E-state index in [-0.39, 0.29) is 0 Å². The summed E-state index contributed by atoms with van der Waals surface area (Å²) in [5.74, 6) is 0. The van der Waals surface area contributed by atoms with Crippen molar-refractivity contribution in [1.29, 1.82) is 0 Å². The quantitative estimate of drug-likeness (QED) is 0.666. The average Bonchev–Trinajstić information content (AvgIpc) is 2.35. The van der Waals surface area contributed by atoms with Gasteiger partial charge in [-0.3, -0.25) is 9.80 Å². The van der Waals surface area contributed by atoms with Crippen molar-refractivity contribution in [3.63, 3.8) is 0 Å². The minimum Gasteiger partial charge on any atom is -0.303 e. The van der Waals surface area contributed by atoms with Gasteiger partial charge in [0.15, 0.2) is 0 Å². The van der Waals surface area contributed by atoms with E-state index < -0.39 is 0 Å². The van der Waals surface area contributed by atoms with E-state index in [1.807, 2.05) is 0 Å². The number of rotatable bonds is 2. The lowest BCUT2D eigenvalue weighted by atomic mass is 9.98. The molecule has 0 amide bonds. The molecule has 3 nitrogen and oxygen atoms in total. The van der Waals surface area contributed by atoms with E-state index in [2.05, 4.69) is 49.7 Å². The van der Waals surface area contributed by atoms with Crippen LogP contribution >= 0.6 is 0 Å². The third kappa shape index (κ3) is 2.05. The second-order valence-corrected chi connectivity index (χ2v) is 6.09. The van der Waals surface area contributed by atoms with Gasteiger partial charge in [0, 0.05) is 37.3 Å². The maximum atomic E-state index is 2.60. The van der Waals surface area contributed by atoms with Gasteiger partial charge in [0.1, 0.15) is 0 Å². The standard InChI is InChI=1S/C12H25N3/c1-12(2)6-10(9-14(12)4)15(5)11-7-13(3)8-11/h10-11H,6-9H2,1-5H3. The SMILES string of the molecule is CN1CC(N(C)C2CN(C)C(C)(C)C2)C1. The van der Waals surface area contributed by atoms with Crippen molar-refractivity contribution in [3.05, 3.63) is 0 Å². The number of hydrogen-bond donors (Lipinski definition) is 0. The summed E-state index contributed by atoms with van der Waals surface area (Å²) < 4.78 is 0. The second-order valence-electron chi connectivity index (χ2n) is 6.09. The first-order valence-electron chi connectivity index (χ1n) is 6.02. The number of likely N-dealkylation sites (tertiary alicyclic amines) is 2. The molecule has 0 N–H and O–H groups in total. The average molecular weight is 211 g/mol. The van der Waals surface area contributed by atoms with Gasteiger partial charge in [-0.2, -0.15) is 0 Å². The van der Waals surface area contributed by atoms with Crippen LogP contribution in [0.25, 0.3) is 0 Å². The molecule has 0 aromatic heterocycles. The Bertz CT molecular complexity index is 233. The van der Waals surface area contributed by atoms with Crippen molar-refractivity contribution in [2.45, 2.75) is 37.9 Å². The van der Waals surface area contributed by atoms with E-state index in [0.29, 0.717) is 5.54 Å². The predicted molar refractivity (Wildman–Crippen MR) is 64.2 cm³/mol. The molecule has 2 rings (SSSR count). The smallest absolute Gasteiger partial charge is 0.0350 e. The lowest BCUT2D eigenvalue weighted by Gasteiger charge is -2.44. The highest BCUT2D eigenvalue weighted by molar-refractivity contribution is 4.98. The molecule has 0 spiro atoms. The van der Waals surface area contributed by atoms with Gasteiger partial charge in [0.25, 0.3) is 0 Å². The fraction of sp³-hybridized carbons (Fsp3) is 1.00. The number of hydrogen-bond acceptors (Lipinski definition) is 3. The molecule has 0 radical (unpaired) electrons. The van der Waals surface area contributed by atoms with Gasteiger partial charge in [-0.15, -0.1) is 0 Å². The topological polar surface area (TPSA) is 9.72 Å². The summed E-state index contributed by atoms with van der Waals surface area (Å²) in [7, 11) is 6.76. The Balaban J connectivity index is 1.90. The molecule has 2 aliphatic heterocycles. The summed E-state index contributed by atoms with van der Waals surface area (Å²) in [4.78, 5) is 7.49. The summed E-state index contributed by atoms with van der Waals surface area (Å²) in [5, 5.41) is 0. The van der Waals surface area contributed by atoms with E-state index in [1.165, 1.54) is 26.1 Å². The van der Waals surface area contributed by atoms with Gasteiger partial charge in [0.05, 0.1) is 0 Å². The fourth-order valence-corrected chi connectivity index (χ4v) is 2.85. The Hall–Kier alpha value is -0.120. The number of nitrogens with zero attached hydrogens (tertiary/aromatic N) is 3. The van der Waals surface area contributed by atoms with E-state index in [9.17, 15) is 0 Å². The van der Waals surface area contributed by atoms with E-state index in [0.717, 1.165) is 12.1 Å². The fourth-order valence-electron chi connectivity index (χ4n) is 2.85. The van der Waals surface area contributed by atoms with Crippen molar-refractivity contribution < 1.29 is 0 Å². The van der Waals surface area contributed by atoms with Gasteiger partial charge < -0.3 is 4.90 Å². The molecule has 0 aliphatic carbocycles. The summed E-state index contributed by atoms with van der Waals surface area (Å²) in [6, 6.07) is 1.55. The Labute approximate surface area is 94.0 Å². The molecule has 2 saturated heterocycles. The summed E-state index contributed by atoms with van der Waals surface area (Å²) >= 11 is 0. The zero-order chi connectivity index (χ0) is 11.2. The minimum absolute atomic E-state index is 0.384. The molecule has 0 aromatic rings. The van der Waals surface area contributed by atoms with Crippen LogP contribution in [-0.4, -0.2) is 73.1 Å². The van der Waals surface area contributed by atoms with Crippen LogP contribution in [-0.2, 0) is 0 Å². The first-order valence-corrected chi connectivity index (χ1v) is 6.02. The Kier molecular flexibility index (Phi) is 2.82. The Morgan fingerprint density at radius 3 is 2.07 bits per heavy atom. The van der Waals surface area contributed by atoms with E-state index in [4.69, 9.17) is 0 Å². The van der Waals surface area contributed by atoms with Gasteiger partial charge in [-0.25, -0.2) is 0 Å². The third-order valence-electron chi connectivity index (χ3n) is 4.45. The normalized spacial score (nSPS) is 33.6. The first kappa shape index (κ1) is 11.4. The predicted octanol–water partition coefficient (Wildman–Crippen LogP) is 0.715. The second kappa shape index (κ2) is 3.72. The molecule has 3 heteroatoms. The van der Waals surface area contributed by atoms with Crippen LogP contribution in [0.1, 0.15) is 20.3 Å². The Morgan fingerprint density at radius 2 is 1.67 bits per heavy atom. The summed E-state index contributed by atoms with van der Waals surface area (Å²) in [6.45, 7) is 8.43. The lowest BCUT2D eigenvalue weighted by molar-refractivity contribution is 0.0448. The van der Waals surface area contributed by atoms with Crippen LogP contribution in [0.2, 0.25) is 0 Å². The van der Waals surface area contributed by atoms with Crippen molar-refractivity contribution in [3.8, 4) is 0 Å². The van der Waals surface area contributed by atoms with Crippen LogP contribution in [0.15, 0.2) is 0 Å². The van der Waals surface area contributed by atoms with E-state index >= 15 is 0 Å². The molecule has 15 heavy (non-hydrogen) atoms. The van der Waals surface area contributed by atoms with Crippen molar-refractivity contribution >= 4 is 0 Å². The highest BCUT2D eigenvalue weighted by Gasteiger charge is 2.40. The molecule has 2 heterocycles. The highest BCUT2D eigenvalue weighted by Crippen LogP contribution is 2.31. The molecule has 88 valence electrons. The molecule has 2 aliphatic rings. The molecule has 0 bridgehead atoms. The molecule has 1 unspecified atom stereocenters. The third-order valence-corrected chi connectivity index (χ3v) is 4.45. The van der Waals surface area contributed by atoms with Crippen LogP contribution in [0, 0.1) is 0 Å². The molecule has 0 aromatic carbocycles. The van der Waals surface area contributed by atoms with Crippen LogP contribution in [0.5, 0.6) is 0 Å². The highest BCUT2D eigenvalue weighted by atomic mass is 15.3. The van der Waals surface area contributed by atoms with Crippen molar-refractivity contribution in [2.75, 3.05) is 40.8 Å². The van der Waals surface area contributed by atoms with Gasteiger partial charge >= 0.3 is 0 Å². The maximum absolute atomic E-state index is 2.60. The van der Waals surface area contributed by atoms with Crippen LogP contribution in [0.4, 0.5) is 0 Å². The van der Waals surface area contributed by atoms with Crippen LogP contribution in [0.3, 0.4) is 0 Å². The van der Waals surface area contributed by atoms with E-state index in [1.54, 1.807) is 0 Å². The van der Waals surface area contributed by atoms with Crippen molar-refractivity contribution in [2.24, 2.45) is 0 Å². The molecule has 1 atom stereocenters.